The molecule has 1 aliphatic rings. The minimum atomic E-state index is -0.702. The molecule has 5 heteroatoms. The minimum absolute atomic E-state index is 0.0114. The minimum Gasteiger partial charge on any atom is -0.481 e. The number of nitrogens with zero attached hydrogens (tertiary/aromatic N) is 1. The summed E-state index contributed by atoms with van der Waals surface area (Å²) in [6.07, 6.45) is 7.50. The zero-order chi connectivity index (χ0) is 25.3. The lowest BCUT2D eigenvalue weighted by Gasteiger charge is -2.28. The second kappa shape index (κ2) is 12.4. The van der Waals surface area contributed by atoms with Crippen LogP contribution in [-0.4, -0.2) is 27.6 Å². The highest BCUT2D eigenvalue weighted by Gasteiger charge is 2.24. The number of carboxylic acids is 1. The third kappa shape index (κ3) is 7.20. The summed E-state index contributed by atoms with van der Waals surface area (Å²) in [7, 11) is 0. The molecule has 1 N–H and O–H groups in total. The van der Waals surface area contributed by atoms with Gasteiger partial charge in [0.25, 0.3) is 0 Å². The van der Waals surface area contributed by atoms with Gasteiger partial charge in [0.15, 0.2) is 5.78 Å². The van der Waals surface area contributed by atoms with Gasteiger partial charge in [-0.2, -0.15) is 0 Å². The first kappa shape index (κ1) is 25.5. The lowest BCUT2D eigenvalue weighted by Crippen LogP contribution is -2.16. The molecule has 1 saturated carbocycles. The molecule has 0 aliphatic heterocycles. The summed E-state index contributed by atoms with van der Waals surface area (Å²) < 4.78 is 0. The lowest BCUT2D eigenvalue weighted by molar-refractivity contribution is -0.138. The van der Waals surface area contributed by atoms with Gasteiger partial charge in [0.05, 0.1) is 5.69 Å². The number of aliphatic carboxylic acids is 1. The molecule has 1 aliphatic carbocycles. The summed E-state index contributed by atoms with van der Waals surface area (Å²) in [5, 5.41) is 8.98. The zero-order valence-corrected chi connectivity index (χ0v) is 20.6. The highest BCUT2D eigenvalue weighted by atomic mass is 16.4. The molecule has 2 aromatic carbocycles. The van der Waals surface area contributed by atoms with Crippen molar-refractivity contribution in [2.75, 3.05) is 0 Å². The van der Waals surface area contributed by atoms with Gasteiger partial charge >= 0.3 is 5.97 Å². The quantitative estimate of drug-likeness (QED) is 0.308. The van der Waals surface area contributed by atoms with Gasteiger partial charge in [0.1, 0.15) is 5.78 Å². The van der Waals surface area contributed by atoms with E-state index in [1.54, 1.807) is 12.3 Å². The van der Waals surface area contributed by atoms with Crippen molar-refractivity contribution in [3.8, 4) is 11.3 Å². The Morgan fingerprint density at radius 1 is 0.833 bits per heavy atom. The van der Waals surface area contributed by atoms with Gasteiger partial charge in [-0.05, 0) is 67.2 Å². The van der Waals surface area contributed by atoms with E-state index in [-0.39, 0.29) is 18.0 Å². The van der Waals surface area contributed by atoms with Crippen LogP contribution in [0.3, 0.4) is 0 Å². The lowest BCUT2D eigenvalue weighted by atomic mass is 9.77. The van der Waals surface area contributed by atoms with E-state index in [1.807, 2.05) is 48.5 Å². The molecule has 5 nitrogen and oxygen atoms in total. The number of rotatable bonds is 11. The van der Waals surface area contributed by atoms with Gasteiger partial charge in [0.2, 0.25) is 0 Å². The number of carbonyl (C=O) groups is 3. The summed E-state index contributed by atoms with van der Waals surface area (Å²) in [4.78, 5) is 40.3. The Kier molecular flexibility index (Phi) is 8.77. The second-order valence-electron chi connectivity index (χ2n) is 9.85. The van der Waals surface area contributed by atoms with Crippen molar-refractivity contribution in [2.24, 2.45) is 5.92 Å². The topological polar surface area (TPSA) is 84.3 Å². The molecular formula is C31H33NO4. The smallest absolute Gasteiger partial charge is 0.303 e. The summed E-state index contributed by atoms with van der Waals surface area (Å²) in [6, 6.07) is 21.8. The molecule has 0 bridgehead atoms. The van der Waals surface area contributed by atoms with Crippen LogP contribution in [0.5, 0.6) is 0 Å². The molecule has 0 amide bonds. The maximum atomic E-state index is 12.5. The molecule has 1 fully saturated rings. The predicted octanol–water partition coefficient (Wildman–Crippen LogP) is 6.66. The number of pyridine rings is 1. The fourth-order valence-corrected chi connectivity index (χ4v) is 5.10. The summed E-state index contributed by atoms with van der Waals surface area (Å²) in [6.45, 7) is 0. The molecule has 0 unspecified atom stereocenters. The molecular weight excluding hydrogens is 450 g/mol. The Morgan fingerprint density at radius 2 is 1.56 bits per heavy atom. The number of carboxylic acid groups (broad SMARTS) is 1. The molecule has 0 saturated heterocycles. The van der Waals surface area contributed by atoms with Crippen LogP contribution in [-0.2, 0) is 16.0 Å². The SMILES string of the molecule is O=C(O)CC1CCC(c2ccc(CC(=O)CCCC(=O)c3ccc(-c4ccccc4)nc3)cc2)CC1. The van der Waals surface area contributed by atoms with Crippen molar-refractivity contribution in [1.29, 1.82) is 0 Å². The first-order chi connectivity index (χ1) is 17.5. The van der Waals surface area contributed by atoms with Crippen molar-refractivity contribution in [1.82, 2.24) is 4.98 Å². The highest BCUT2D eigenvalue weighted by molar-refractivity contribution is 5.96. The molecule has 4 rings (SSSR count). The van der Waals surface area contributed by atoms with E-state index in [4.69, 9.17) is 5.11 Å². The molecule has 0 atom stereocenters. The van der Waals surface area contributed by atoms with E-state index in [1.165, 1.54) is 5.56 Å². The number of carbonyl (C=O) groups excluding carboxylic acids is 2. The Labute approximate surface area is 212 Å². The first-order valence-electron chi connectivity index (χ1n) is 12.8. The maximum Gasteiger partial charge on any atom is 0.303 e. The molecule has 3 aromatic rings. The van der Waals surface area contributed by atoms with Crippen LogP contribution in [0.4, 0.5) is 0 Å². The van der Waals surface area contributed by atoms with Crippen LogP contribution in [0.15, 0.2) is 72.9 Å². The van der Waals surface area contributed by atoms with Gasteiger partial charge in [-0.1, -0.05) is 54.6 Å². The van der Waals surface area contributed by atoms with Crippen molar-refractivity contribution in [2.45, 2.75) is 63.7 Å². The van der Waals surface area contributed by atoms with E-state index in [2.05, 4.69) is 17.1 Å². The largest absolute Gasteiger partial charge is 0.481 e. The number of ketones is 2. The number of aromatic nitrogens is 1. The molecule has 1 aromatic heterocycles. The number of Topliss-reactive ketones (excluding diaryl/α,β-unsaturated/α-hetero) is 2. The van der Waals surface area contributed by atoms with Crippen molar-refractivity contribution in [3.05, 3.63) is 89.6 Å². The van der Waals surface area contributed by atoms with Crippen LogP contribution in [0.1, 0.15) is 78.8 Å². The van der Waals surface area contributed by atoms with Crippen LogP contribution in [0, 0.1) is 5.92 Å². The summed E-state index contributed by atoms with van der Waals surface area (Å²) in [5.74, 6) is 0.223. The Morgan fingerprint density at radius 3 is 2.19 bits per heavy atom. The fraction of sp³-hybridized carbons (Fsp3) is 0.355. The van der Waals surface area contributed by atoms with E-state index in [0.29, 0.717) is 43.1 Å². The summed E-state index contributed by atoms with van der Waals surface area (Å²) in [5.41, 5.74) is 4.69. The van der Waals surface area contributed by atoms with Crippen LogP contribution < -0.4 is 0 Å². The van der Waals surface area contributed by atoms with Gasteiger partial charge in [-0.3, -0.25) is 19.4 Å². The van der Waals surface area contributed by atoms with Crippen LogP contribution >= 0.6 is 0 Å². The standard InChI is InChI=1S/C31H33NO4/c33-28(7-4-8-30(34)27-17-18-29(32-21-27)26-5-2-1-3-6-26)19-22-9-13-24(14-10-22)25-15-11-23(12-16-25)20-31(35)36/h1-3,5-6,9-10,13-14,17-18,21,23,25H,4,7-8,11-12,15-16,19-20H2,(H,35,36). The van der Waals surface area contributed by atoms with Gasteiger partial charge in [-0.15, -0.1) is 0 Å². The van der Waals surface area contributed by atoms with Crippen LogP contribution in [0.2, 0.25) is 0 Å². The molecule has 0 radical (unpaired) electrons. The Balaban J connectivity index is 1.19. The fourth-order valence-electron chi connectivity index (χ4n) is 5.10. The highest BCUT2D eigenvalue weighted by Crippen LogP contribution is 2.37. The Bertz CT molecular complexity index is 1160. The van der Waals surface area contributed by atoms with Crippen molar-refractivity contribution in [3.63, 3.8) is 0 Å². The monoisotopic (exact) mass is 483 g/mol. The number of hydrogen-bond donors (Lipinski definition) is 1. The van der Waals surface area contributed by atoms with Gasteiger partial charge < -0.3 is 5.11 Å². The third-order valence-electron chi connectivity index (χ3n) is 7.18. The van der Waals surface area contributed by atoms with Crippen LogP contribution in [0.25, 0.3) is 11.3 Å². The third-order valence-corrected chi connectivity index (χ3v) is 7.18. The van der Waals surface area contributed by atoms with E-state index >= 15 is 0 Å². The molecule has 186 valence electrons. The molecule has 36 heavy (non-hydrogen) atoms. The number of hydrogen-bond acceptors (Lipinski definition) is 4. The maximum absolute atomic E-state index is 12.5. The normalized spacial score (nSPS) is 17.4. The second-order valence-corrected chi connectivity index (χ2v) is 9.85. The van der Waals surface area contributed by atoms with Crippen molar-refractivity contribution >= 4 is 17.5 Å². The molecule has 1 heterocycles. The van der Waals surface area contributed by atoms with Gasteiger partial charge in [-0.25, -0.2) is 0 Å². The van der Waals surface area contributed by atoms with E-state index in [9.17, 15) is 14.4 Å². The average Bonchev–Trinajstić information content (AvgIpc) is 2.90. The van der Waals surface area contributed by atoms with E-state index in [0.717, 1.165) is 42.5 Å². The van der Waals surface area contributed by atoms with Crippen molar-refractivity contribution < 1.29 is 19.5 Å². The number of benzene rings is 2. The Hall–Kier alpha value is -3.60. The predicted molar refractivity (Wildman–Crippen MR) is 140 cm³/mol. The summed E-state index contributed by atoms with van der Waals surface area (Å²) >= 11 is 0. The van der Waals surface area contributed by atoms with Gasteiger partial charge in [0, 0.05) is 43.0 Å². The average molecular weight is 484 g/mol. The first-order valence-corrected chi connectivity index (χ1v) is 12.8. The zero-order valence-electron chi connectivity index (χ0n) is 20.6. The van der Waals surface area contributed by atoms with E-state index < -0.39 is 5.97 Å². The molecule has 0 spiro atoms.